The van der Waals surface area contributed by atoms with Gasteiger partial charge in [0.25, 0.3) is 0 Å². The number of hydrogen-bond acceptors (Lipinski definition) is 3. The van der Waals surface area contributed by atoms with Gasteiger partial charge in [0, 0.05) is 24.9 Å². The van der Waals surface area contributed by atoms with E-state index in [2.05, 4.69) is 24.1 Å². The zero-order chi connectivity index (χ0) is 15.6. The Balaban J connectivity index is 1.61. The highest BCUT2D eigenvalue weighted by molar-refractivity contribution is 8.00. The minimum absolute atomic E-state index is 0.376. The minimum atomic E-state index is -0.574. The number of hydrogen-bond donors (Lipinski definition) is 2. The van der Waals surface area contributed by atoms with E-state index in [1.807, 2.05) is 11.8 Å². The molecule has 22 heavy (non-hydrogen) atoms. The lowest BCUT2D eigenvalue weighted by Gasteiger charge is -2.44. The number of nitrogens with one attached hydrogen (secondary N) is 1. The van der Waals surface area contributed by atoms with Crippen LogP contribution in [0.15, 0.2) is 4.99 Å². The van der Waals surface area contributed by atoms with Crippen LogP contribution in [0.4, 0.5) is 0 Å². The Kier molecular flexibility index (Phi) is 4.93. The van der Waals surface area contributed by atoms with E-state index >= 15 is 0 Å². The molecule has 2 aliphatic carbocycles. The van der Waals surface area contributed by atoms with Gasteiger partial charge in [-0.15, -0.1) is 0 Å². The first-order valence-electron chi connectivity index (χ1n) is 8.98. The summed E-state index contributed by atoms with van der Waals surface area (Å²) in [7, 11) is 0. The molecule has 0 aromatic rings. The van der Waals surface area contributed by atoms with Crippen LogP contribution in [0, 0.1) is 5.41 Å². The molecular formula is C17H31N3OS. The van der Waals surface area contributed by atoms with Crippen molar-refractivity contribution in [1.29, 1.82) is 0 Å². The van der Waals surface area contributed by atoms with Crippen molar-refractivity contribution in [3.05, 3.63) is 0 Å². The van der Waals surface area contributed by atoms with E-state index in [0.717, 1.165) is 44.2 Å². The zero-order valence-electron chi connectivity index (χ0n) is 14.1. The molecule has 3 fully saturated rings. The molecule has 2 saturated carbocycles. The fraction of sp³-hybridized carbons (Fsp3) is 0.941. The molecule has 2 unspecified atom stereocenters. The molecule has 5 heteroatoms. The van der Waals surface area contributed by atoms with E-state index in [4.69, 9.17) is 4.99 Å². The number of rotatable bonds is 5. The first-order chi connectivity index (χ1) is 10.6. The standard InChI is InChI=1S/C17H31N3OS/c1-3-18-15(20-11-10-16(13-20)7-5-8-16)19-12-17(21)9-6-14(17)22-4-2/h14,21H,3-13H2,1-2H3,(H,18,19). The highest BCUT2D eigenvalue weighted by atomic mass is 32.2. The van der Waals surface area contributed by atoms with Crippen molar-refractivity contribution >= 4 is 17.7 Å². The zero-order valence-corrected chi connectivity index (χ0v) is 14.9. The monoisotopic (exact) mass is 325 g/mol. The number of likely N-dealkylation sites (tertiary alicyclic amines) is 1. The highest BCUT2D eigenvalue weighted by Gasteiger charge is 2.46. The summed E-state index contributed by atoms with van der Waals surface area (Å²) in [5.74, 6) is 2.10. The third-order valence-corrected chi connectivity index (χ3v) is 7.21. The van der Waals surface area contributed by atoms with Crippen molar-refractivity contribution in [3.8, 4) is 0 Å². The van der Waals surface area contributed by atoms with Crippen molar-refractivity contribution in [3.63, 3.8) is 0 Å². The van der Waals surface area contributed by atoms with E-state index in [1.54, 1.807) is 0 Å². The lowest BCUT2D eigenvalue weighted by Crippen LogP contribution is -2.53. The summed E-state index contributed by atoms with van der Waals surface area (Å²) in [6.07, 6.45) is 7.53. The minimum Gasteiger partial charge on any atom is -0.387 e. The number of thioether (sulfide) groups is 1. The molecular weight excluding hydrogens is 294 g/mol. The Morgan fingerprint density at radius 2 is 2.14 bits per heavy atom. The van der Waals surface area contributed by atoms with E-state index in [0.29, 0.717) is 17.2 Å². The van der Waals surface area contributed by atoms with Crippen LogP contribution >= 0.6 is 11.8 Å². The second kappa shape index (κ2) is 6.60. The second-order valence-corrected chi connectivity index (χ2v) is 8.76. The molecule has 1 saturated heterocycles. The predicted molar refractivity (Wildman–Crippen MR) is 94.6 cm³/mol. The van der Waals surface area contributed by atoms with Crippen LogP contribution in [-0.2, 0) is 0 Å². The molecule has 2 atom stereocenters. The van der Waals surface area contributed by atoms with Gasteiger partial charge in [-0.1, -0.05) is 13.3 Å². The highest BCUT2D eigenvalue weighted by Crippen LogP contribution is 2.48. The van der Waals surface area contributed by atoms with Crippen LogP contribution in [0.3, 0.4) is 0 Å². The maximum Gasteiger partial charge on any atom is 0.194 e. The van der Waals surface area contributed by atoms with Crippen molar-refractivity contribution in [1.82, 2.24) is 10.2 Å². The van der Waals surface area contributed by atoms with Gasteiger partial charge in [-0.2, -0.15) is 11.8 Å². The smallest absolute Gasteiger partial charge is 0.194 e. The van der Waals surface area contributed by atoms with Gasteiger partial charge in [0.05, 0.1) is 12.1 Å². The summed E-state index contributed by atoms with van der Waals surface area (Å²) in [5.41, 5.74) is 0.0133. The Morgan fingerprint density at radius 3 is 2.64 bits per heavy atom. The SMILES string of the molecule is CCNC(=NCC1(O)CCC1SCC)N1CCC2(CCC2)C1. The fourth-order valence-corrected chi connectivity index (χ4v) is 5.24. The maximum absolute atomic E-state index is 10.7. The largest absolute Gasteiger partial charge is 0.387 e. The molecule has 126 valence electrons. The average molecular weight is 326 g/mol. The first-order valence-corrected chi connectivity index (χ1v) is 10.0. The Morgan fingerprint density at radius 1 is 1.32 bits per heavy atom. The van der Waals surface area contributed by atoms with Gasteiger partial charge in [0.2, 0.25) is 0 Å². The molecule has 1 heterocycles. The lowest BCUT2D eigenvalue weighted by atomic mass is 9.68. The number of guanidine groups is 1. The molecule has 4 nitrogen and oxygen atoms in total. The van der Waals surface area contributed by atoms with Gasteiger partial charge in [0.1, 0.15) is 0 Å². The van der Waals surface area contributed by atoms with E-state index in [1.165, 1.54) is 25.7 Å². The quantitative estimate of drug-likeness (QED) is 0.602. The molecule has 0 bridgehead atoms. The molecule has 2 N–H and O–H groups in total. The molecule has 0 aromatic heterocycles. The normalized spacial score (nSPS) is 33.7. The summed E-state index contributed by atoms with van der Waals surface area (Å²) in [6, 6.07) is 0. The van der Waals surface area contributed by atoms with Crippen LogP contribution in [-0.4, -0.2) is 58.7 Å². The van der Waals surface area contributed by atoms with Crippen molar-refractivity contribution in [2.45, 2.75) is 63.2 Å². The fourth-order valence-electron chi connectivity index (χ4n) is 4.05. The van der Waals surface area contributed by atoms with Gasteiger partial charge in [-0.25, -0.2) is 0 Å². The third-order valence-electron chi connectivity index (χ3n) is 5.80. The van der Waals surface area contributed by atoms with Gasteiger partial charge in [-0.05, 0) is 50.2 Å². The van der Waals surface area contributed by atoms with Crippen LogP contribution in [0.2, 0.25) is 0 Å². The molecule has 1 spiro atoms. The Bertz CT molecular complexity index is 424. The van der Waals surface area contributed by atoms with Gasteiger partial charge >= 0.3 is 0 Å². The van der Waals surface area contributed by atoms with Gasteiger partial charge in [0.15, 0.2) is 5.96 Å². The van der Waals surface area contributed by atoms with Crippen molar-refractivity contribution in [2.75, 3.05) is 31.9 Å². The molecule has 3 rings (SSSR count). The van der Waals surface area contributed by atoms with Gasteiger partial charge < -0.3 is 15.3 Å². The average Bonchev–Trinajstić information content (AvgIpc) is 2.93. The topological polar surface area (TPSA) is 47.9 Å². The number of nitrogens with zero attached hydrogens (tertiary/aromatic N) is 2. The van der Waals surface area contributed by atoms with Crippen LogP contribution in [0.25, 0.3) is 0 Å². The molecule has 3 aliphatic rings. The summed E-state index contributed by atoms with van der Waals surface area (Å²) >= 11 is 1.88. The van der Waals surface area contributed by atoms with E-state index < -0.39 is 5.60 Å². The second-order valence-electron chi connectivity index (χ2n) is 7.28. The van der Waals surface area contributed by atoms with E-state index in [9.17, 15) is 5.11 Å². The van der Waals surface area contributed by atoms with E-state index in [-0.39, 0.29) is 0 Å². The number of aliphatic imine (C=N–C) groups is 1. The summed E-state index contributed by atoms with van der Waals surface area (Å²) in [5, 5.41) is 14.6. The summed E-state index contributed by atoms with van der Waals surface area (Å²) < 4.78 is 0. The maximum atomic E-state index is 10.7. The summed E-state index contributed by atoms with van der Waals surface area (Å²) in [6.45, 7) is 8.02. The Labute approximate surface area is 139 Å². The van der Waals surface area contributed by atoms with Crippen molar-refractivity contribution in [2.24, 2.45) is 10.4 Å². The third kappa shape index (κ3) is 3.12. The van der Waals surface area contributed by atoms with Crippen LogP contribution < -0.4 is 5.32 Å². The predicted octanol–water partition coefficient (Wildman–Crippen LogP) is 2.47. The lowest BCUT2D eigenvalue weighted by molar-refractivity contribution is -0.0156. The number of aliphatic hydroxyl groups is 1. The molecule has 0 radical (unpaired) electrons. The molecule has 1 aliphatic heterocycles. The molecule has 0 aromatic carbocycles. The van der Waals surface area contributed by atoms with Gasteiger partial charge in [-0.3, -0.25) is 4.99 Å². The first kappa shape index (κ1) is 16.4. The van der Waals surface area contributed by atoms with Crippen LogP contribution in [0.5, 0.6) is 0 Å². The summed E-state index contributed by atoms with van der Waals surface area (Å²) in [4.78, 5) is 7.24. The molecule has 0 amide bonds. The van der Waals surface area contributed by atoms with Crippen molar-refractivity contribution < 1.29 is 5.11 Å². The van der Waals surface area contributed by atoms with Crippen LogP contribution in [0.1, 0.15) is 52.4 Å². The Hall–Kier alpha value is -0.420.